The molecule has 2 nitrogen and oxygen atoms in total. The van der Waals surface area contributed by atoms with Crippen LogP contribution in [0.15, 0.2) is 48.5 Å². The van der Waals surface area contributed by atoms with Crippen molar-refractivity contribution in [3.63, 3.8) is 0 Å². The normalized spacial score (nSPS) is 10.5. The summed E-state index contributed by atoms with van der Waals surface area (Å²) in [4.78, 5) is 11.8. The zero-order chi connectivity index (χ0) is 15.8. The van der Waals surface area contributed by atoms with Crippen LogP contribution >= 0.6 is 11.6 Å². The van der Waals surface area contributed by atoms with E-state index < -0.39 is 0 Å². The van der Waals surface area contributed by atoms with Gasteiger partial charge in [-0.25, -0.2) is 4.39 Å². The Morgan fingerprint density at radius 2 is 1.55 bits per heavy atom. The van der Waals surface area contributed by atoms with Gasteiger partial charge in [0.1, 0.15) is 5.82 Å². The third-order valence-corrected chi connectivity index (χ3v) is 3.68. The first-order valence-corrected chi connectivity index (χ1v) is 7.77. The highest BCUT2D eigenvalue weighted by molar-refractivity contribution is 6.30. The Balaban J connectivity index is 1.61. The fraction of sp³-hybridized carbons (Fsp3) is 0.278. The van der Waals surface area contributed by atoms with E-state index in [1.807, 2.05) is 24.3 Å². The molecule has 4 heteroatoms. The van der Waals surface area contributed by atoms with Crippen molar-refractivity contribution in [2.45, 2.75) is 25.7 Å². The predicted octanol–water partition coefficient (Wildman–Crippen LogP) is 4.16. The van der Waals surface area contributed by atoms with E-state index in [1.54, 1.807) is 12.1 Å². The molecule has 0 spiro atoms. The second-order valence-electron chi connectivity index (χ2n) is 5.21. The van der Waals surface area contributed by atoms with E-state index in [0.29, 0.717) is 24.4 Å². The van der Waals surface area contributed by atoms with Crippen molar-refractivity contribution in [2.75, 3.05) is 6.54 Å². The van der Waals surface area contributed by atoms with E-state index in [1.165, 1.54) is 12.1 Å². The molecule has 0 atom stereocenters. The average Bonchev–Trinajstić information content (AvgIpc) is 2.53. The number of rotatable bonds is 7. The maximum atomic E-state index is 12.8. The lowest BCUT2D eigenvalue weighted by Crippen LogP contribution is -2.24. The van der Waals surface area contributed by atoms with Crippen LogP contribution in [0.4, 0.5) is 4.39 Å². The molecule has 0 heterocycles. The van der Waals surface area contributed by atoms with Crippen LogP contribution in [0.25, 0.3) is 0 Å². The fourth-order valence-corrected chi connectivity index (χ4v) is 2.29. The minimum atomic E-state index is -0.223. The van der Waals surface area contributed by atoms with E-state index in [-0.39, 0.29) is 11.7 Å². The van der Waals surface area contributed by atoms with Gasteiger partial charge in [-0.15, -0.1) is 0 Å². The molecule has 0 fully saturated rings. The molecule has 0 unspecified atom stereocenters. The molecule has 0 aliphatic heterocycles. The topological polar surface area (TPSA) is 29.1 Å². The standard InChI is InChI=1S/C18H19ClFNO/c19-16-8-3-15(4-9-16)7-12-18(22)21-13-1-2-14-5-10-17(20)11-6-14/h3-6,8-11H,1-2,7,12-13H2,(H,21,22). The molecule has 22 heavy (non-hydrogen) atoms. The number of hydrogen-bond donors (Lipinski definition) is 1. The molecule has 2 aromatic carbocycles. The van der Waals surface area contributed by atoms with Gasteiger partial charge >= 0.3 is 0 Å². The van der Waals surface area contributed by atoms with Gasteiger partial charge < -0.3 is 5.32 Å². The van der Waals surface area contributed by atoms with Crippen LogP contribution in [0.5, 0.6) is 0 Å². The molecule has 0 aliphatic carbocycles. The van der Waals surface area contributed by atoms with Gasteiger partial charge in [0, 0.05) is 18.0 Å². The van der Waals surface area contributed by atoms with Gasteiger partial charge in [0.05, 0.1) is 0 Å². The Morgan fingerprint density at radius 3 is 2.23 bits per heavy atom. The Bertz CT molecular complexity index is 595. The molecular formula is C18H19ClFNO. The first-order chi connectivity index (χ1) is 10.6. The first-order valence-electron chi connectivity index (χ1n) is 7.39. The van der Waals surface area contributed by atoms with Crippen LogP contribution in [-0.2, 0) is 17.6 Å². The van der Waals surface area contributed by atoms with Crippen molar-refractivity contribution in [3.8, 4) is 0 Å². The summed E-state index contributed by atoms with van der Waals surface area (Å²) in [7, 11) is 0. The summed E-state index contributed by atoms with van der Waals surface area (Å²) < 4.78 is 12.8. The molecule has 1 N–H and O–H groups in total. The second-order valence-corrected chi connectivity index (χ2v) is 5.64. The molecule has 0 aliphatic rings. The lowest BCUT2D eigenvalue weighted by Gasteiger charge is -2.06. The fourth-order valence-electron chi connectivity index (χ4n) is 2.17. The van der Waals surface area contributed by atoms with Gasteiger partial charge in [0.2, 0.25) is 5.91 Å². The van der Waals surface area contributed by atoms with Crippen molar-refractivity contribution in [2.24, 2.45) is 0 Å². The van der Waals surface area contributed by atoms with Gasteiger partial charge in [0.15, 0.2) is 0 Å². The summed E-state index contributed by atoms with van der Waals surface area (Å²) in [6.45, 7) is 0.636. The number of aryl methyl sites for hydroxylation is 2. The van der Waals surface area contributed by atoms with Crippen LogP contribution in [0.3, 0.4) is 0 Å². The number of nitrogens with one attached hydrogen (secondary N) is 1. The molecule has 2 aromatic rings. The van der Waals surface area contributed by atoms with Crippen LogP contribution in [0, 0.1) is 5.82 Å². The van der Waals surface area contributed by atoms with Gasteiger partial charge in [-0.05, 0) is 54.7 Å². The Morgan fingerprint density at radius 1 is 0.955 bits per heavy atom. The summed E-state index contributed by atoms with van der Waals surface area (Å²) >= 11 is 5.82. The van der Waals surface area contributed by atoms with Gasteiger partial charge in [0.25, 0.3) is 0 Å². The molecular weight excluding hydrogens is 301 g/mol. The Hall–Kier alpha value is -1.87. The Kier molecular flexibility index (Phi) is 6.41. The minimum absolute atomic E-state index is 0.0501. The minimum Gasteiger partial charge on any atom is -0.356 e. The Labute approximate surface area is 135 Å². The lowest BCUT2D eigenvalue weighted by molar-refractivity contribution is -0.121. The number of amides is 1. The third kappa shape index (κ3) is 5.86. The van der Waals surface area contributed by atoms with Crippen molar-refractivity contribution >= 4 is 17.5 Å². The molecule has 0 aromatic heterocycles. The van der Waals surface area contributed by atoms with Crippen LogP contribution < -0.4 is 5.32 Å². The highest BCUT2D eigenvalue weighted by Crippen LogP contribution is 2.11. The molecule has 1 amide bonds. The van der Waals surface area contributed by atoms with Gasteiger partial charge in [-0.3, -0.25) is 4.79 Å². The third-order valence-electron chi connectivity index (χ3n) is 3.43. The number of halogens is 2. The highest BCUT2D eigenvalue weighted by Gasteiger charge is 2.02. The van der Waals surface area contributed by atoms with Crippen molar-refractivity contribution in [1.29, 1.82) is 0 Å². The van der Waals surface area contributed by atoms with E-state index >= 15 is 0 Å². The summed E-state index contributed by atoms with van der Waals surface area (Å²) in [5, 5.41) is 3.61. The van der Waals surface area contributed by atoms with Crippen molar-refractivity contribution in [1.82, 2.24) is 5.32 Å². The van der Waals surface area contributed by atoms with E-state index in [4.69, 9.17) is 11.6 Å². The molecule has 0 saturated heterocycles. The van der Waals surface area contributed by atoms with Crippen LogP contribution in [0.2, 0.25) is 5.02 Å². The summed E-state index contributed by atoms with van der Waals surface area (Å²) in [5.74, 6) is -0.173. The first kappa shape index (κ1) is 16.5. The zero-order valence-corrected chi connectivity index (χ0v) is 13.1. The van der Waals surface area contributed by atoms with Crippen LogP contribution in [0.1, 0.15) is 24.0 Å². The molecule has 0 bridgehead atoms. The summed E-state index contributed by atoms with van der Waals surface area (Å²) in [5.41, 5.74) is 2.18. The highest BCUT2D eigenvalue weighted by atomic mass is 35.5. The molecule has 0 radical (unpaired) electrons. The maximum absolute atomic E-state index is 12.8. The molecule has 0 saturated carbocycles. The van der Waals surface area contributed by atoms with E-state index in [2.05, 4.69) is 5.32 Å². The predicted molar refractivity (Wildman–Crippen MR) is 87.5 cm³/mol. The van der Waals surface area contributed by atoms with Crippen LogP contribution in [-0.4, -0.2) is 12.5 Å². The average molecular weight is 320 g/mol. The molecule has 2 rings (SSSR count). The van der Waals surface area contributed by atoms with Crippen molar-refractivity contribution in [3.05, 3.63) is 70.5 Å². The maximum Gasteiger partial charge on any atom is 0.220 e. The van der Waals surface area contributed by atoms with E-state index in [0.717, 1.165) is 24.0 Å². The number of carbonyl (C=O) groups is 1. The monoisotopic (exact) mass is 319 g/mol. The molecule has 116 valence electrons. The summed E-state index contributed by atoms with van der Waals surface area (Å²) in [6, 6.07) is 14.0. The van der Waals surface area contributed by atoms with Gasteiger partial charge in [-0.1, -0.05) is 35.9 Å². The SMILES string of the molecule is O=C(CCc1ccc(Cl)cc1)NCCCc1ccc(F)cc1. The smallest absolute Gasteiger partial charge is 0.220 e. The quantitative estimate of drug-likeness (QED) is 0.763. The number of benzene rings is 2. The second kappa shape index (κ2) is 8.54. The lowest BCUT2D eigenvalue weighted by atomic mass is 10.1. The summed E-state index contributed by atoms with van der Waals surface area (Å²) in [6.07, 6.45) is 2.86. The van der Waals surface area contributed by atoms with Gasteiger partial charge in [-0.2, -0.15) is 0 Å². The number of carbonyl (C=O) groups excluding carboxylic acids is 1. The number of hydrogen-bond acceptors (Lipinski definition) is 1. The van der Waals surface area contributed by atoms with E-state index in [9.17, 15) is 9.18 Å². The zero-order valence-electron chi connectivity index (χ0n) is 12.3. The largest absolute Gasteiger partial charge is 0.356 e. The van der Waals surface area contributed by atoms with Crippen molar-refractivity contribution < 1.29 is 9.18 Å².